The average molecular weight is 379 g/mol. The van der Waals surface area contributed by atoms with Gasteiger partial charge in [0.2, 0.25) is 10.0 Å². The highest BCUT2D eigenvalue weighted by atomic mass is 79.9. The first-order valence-electron chi connectivity index (χ1n) is 6.97. The fourth-order valence-corrected chi connectivity index (χ4v) is 5.02. The number of anilines is 1. The van der Waals surface area contributed by atoms with Crippen molar-refractivity contribution in [3.8, 4) is 0 Å². The highest BCUT2D eigenvalue weighted by Gasteiger charge is 2.29. The second-order valence-corrected chi connectivity index (χ2v) is 8.43. The maximum absolute atomic E-state index is 13.3. The molecule has 2 rings (SSSR count). The van der Waals surface area contributed by atoms with Gasteiger partial charge in [0.25, 0.3) is 0 Å². The number of nitrogens with two attached hydrogens (primary N) is 1. The van der Waals surface area contributed by atoms with Crippen LogP contribution in [0.5, 0.6) is 0 Å². The first kappa shape index (κ1) is 16.7. The molecule has 0 radical (unpaired) electrons. The van der Waals surface area contributed by atoms with E-state index < -0.39 is 15.8 Å². The Bertz CT molecular complexity index is 636. The van der Waals surface area contributed by atoms with Crippen molar-refractivity contribution in [1.29, 1.82) is 0 Å². The predicted octanol–water partition coefficient (Wildman–Crippen LogP) is 3.27. The molecule has 7 heteroatoms. The molecule has 0 aliphatic heterocycles. The van der Waals surface area contributed by atoms with E-state index in [1.165, 1.54) is 0 Å². The molecule has 1 aromatic carbocycles. The van der Waals surface area contributed by atoms with Crippen LogP contribution in [0.2, 0.25) is 0 Å². The lowest BCUT2D eigenvalue weighted by atomic mass is 9.79. The lowest BCUT2D eigenvalue weighted by Crippen LogP contribution is -2.39. The van der Waals surface area contributed by atoms with Crippen LogP contribution in [0.3, 0.4) is 0 Å². The summed E-state index contributed by atoms with van der Waals surface area (Å²) in [5, 5.41) is 0. The highest BCUT2D eigenvalue weighted by Crippen LogP contribution is 2.31. The van der Waals surface area contributed by atoms with Gasteiger partial charge in [-0.15, -0.1) is 0 Å². The predicted molar refractivity (Wildman–Crippen MR) is 84.8 cm³/mol. The molecule has 1 aromatic rings. The standard InChI is InChI=1S/C14H20BrFN2O2S/c1-8-3-4-10(5-9(8)2)18-21(19,20)14-7-13(17)12(16)6-11(14)15/h6-10,18H,3-5,17H2,1-2H3. The van der Waals surface area contributed by atoms with Gasteiger partial charge in [0.05, 0.1) is 10.6 Å². The van der Waals surface area contributed by atoms with Gasteiger partial charge >= 0.3 is 0 Å². The number of benzene rings is 1. The Morgan fingerprint density at radius 1 is 1.29 bits per heavy atom. The number of nitrogens with one attached hydrogen (secondary N) is 1. The Hall–Kier alpha value is -0.660. The molecule has 1 fully saturated rings. The van der Waals surface area contributed by atoms with E-state index >= 15 is 0 Å². The van der Waals surface area contributed by atoms with E-state index in [0.29, 0.717) is 11.8 Å². The van der Waals surface area contributed by atoms with Crippen molar-refractivity contribution in [2.45, 2.75) is 44.0 Å². The first-order valence-corrected chi connectivity index (χ1v) is 9.25. The molecule has 1 aliphatic carbocycles. The number of rotatable bonds is 3. The molecule has 0 saturated heterocycles. The van der Waals surface area contributed by atoms with Gasteiger partial charge in [-0.25, -0.2) is 17.5 Å². The molecule has 3 unspecified atom stereocenters. The zero-order chi connectivity index (χ0) is 15.8. The third-order valence-corrected chi connectivity index (χ3v) is 6.74. The smallest absolute Gasteiger partial charge is 0.242 e. The summed E-state index contributed by atoms with van der Waals surface area (Å²) in [6, 6.07) is 2.14. The van der Waals surface area contributed by atoms with Gasteiger partial charge in [0.1, 0.15) is 5.82 Å². The number of hydrogen-bond acceptors (Lipinski definition) is 3. The van der Waals surface area contributed by atoms with Crippen molar-refractivity contribution < 1.29 is 12.8 Å². The molecular formula is C14H20BrFN2O2S. The summed E-state index contributed by atoms with van der Waals surface area (Å²) in [7, 11) is -3.71. The highest BCUT2D eigenvalue weighted by molar-refractivity contribution is 9.10. The summed E-state index contributed by atoms with van der Waals surface area (Å²) in [5.41, 5.74) is 5.29. The maximum atomic E-state index is 13.3. The van der Waals surface area contributed by atoms with Gasteiger partial charge < -0.3 is 5.73 Å². The summed E-state index contributed by atoms with van der Waals surface area (Å²) in [6.45, 7) is 4.32. The summed E-state index contributed by atoms with van der Waals surface area (Å²) in [5.74, 6) is 0.452. The molecule has 118 valence electrons. The maximum Gasteiger partial charge on any atom is 0.242 e. The van der Waals surface area contributed by atoms with E-state index in [1.807, 2.05) is 0 Å². The van der Waals surface area contributed by atoms with E-state index in [9.17, 15) is 12.8 Å². The van der Waals surface area contributed by atoms with Crippen LogP contribution in [0.1, 0.15) is 33.1 Å². The average Bonchev–Trinajstić information content (AvgIpc) is 2.37. The van der Waals surface area contributed by atoms with E-state index in [0.717, 1.165) is 31.4 Å². The Balaban J connectivity index is 2.21. The largest absolute Gasteiger partial charge is 0.396 e. The summed E-state index contributed by atoms with van der Waals surface area (Å²) in [6.07, 6.45) is 2.63. The van der Waals surface area contributed by atoms with Crippen molar-refractivity contribution in [2.75, 3.05) is 5.73 Å². The Labute approximate surface area is 133 Å². The number of nitrogen functional groups attached to an aromatic ring is 1. The third kappa shape index (κ3) is 3.76. The molecule has 0 aromatic heterocycles. The van der Waals surface area contributed by atoms with Crippen LogP contribution in [0.4, 0.5) is 10.1 Å². The summed E-state index contributed by atoms with van der Waals surface area (Å²) < 4.78 is 41.1. The van der Waals surface area contributed by atoms with Crippen LogP contribution in [0.25, 0.3) is 0 Å². The van der Waals surface area contributed by atoms with Gasteiger partial charge in [-0.2, -0.15) is 0 Å². The number of halogens is 2. The van der Waals surface area contributed by atoms with Gasteiger partial charge in [-0.3, -0.25) is 0 Å². The molecule has 21 heavy (non-hydrogen) atoms. The molecule has 1 aliphatic rings. The minimum absolute atomic E-state index is 0.0207. The first-order chi connectivity index (χ1) is 9.70. The van der Waals surface area contributed by atoms with Crippen molar-refractivity contribution in [2.24, 2.45) is 11.8 Å². The fraction of sp³-hybridized carbons (Fsp3) is 0.571. The van der Waals surface area contributed by atoms with E-state index in [4.69, 9.17) is 5.73 Å². The minimum Gasteiger partial charge on any atom is -0.396 e. The molecule has 3 atom stereocenters. The van der Waals surface area contributed by atoms with Gasteiger partial charge in [0, 0.05) is 10.5 Å². The number of hydrogen-bond donors (Lipinski definition) is 2. The van der Waals surface area contributed by atoms with Crippen LogP contribution in [0.15, 0.2) is 21.5 Å². The summed E-state index contributed by atoms with van der Waals surface area (Å²) in [4.78, 5) is -0.0207. The van der Waals surface area contributed by atoms with Crippen molar-refractivity contribution >= 4 is 31.6 Å². The third-order valence-electron chi connectivity index (χ3n) is 4.26. The van der Waals surface area contributed by atoms with Crippen molar-refractivity contribution in [3.63, 3.8) is 0 Å². The molecule has 0 bridgehead atoms. The minimum atomic E-state index is -3.71. The van der Waals surface area contributed by atoms with Gasteiger partial charge in [0.15, 0.2) is 0 Å². The lowest BCUT2D eigenvalue weighted by Gasteiger charge is -2.32. The zero-order valence-corrected chi connectivity index (χ0v) is 14.5. The van der Waals surface area contributed by atoms with E-state index in [1.54, 1.807) is 0 Å². The molecule has 1 saturated carbocycles. The van der Waals surface area contributed by atoms with Gasteiger partial charge in [-0.1, -0.05) is 13.8 Å². The van der Waals surface area contributed by atoms with Gasteiger partial charge in [-0.05, 0) is 59.2 Å². The molecule has 3 N–H and O–H groups in total. The van der Waals surface area contributed by atoms with Crippen LogP contribution >= 0.6 is 15.9 Å². The molecule has 0 spiro atoms. The Morgan fingerprint density at radius 2 is 1.95 bits per heavy atom. The Morgan fingerprint density at radius 3 is 2.57 bits per heavy atom. The van der Waals surface area contributed by atoms with E-state index in [-0.39, 0.29) is 21.1 Å². The molecule has 0 heterocycles. The molecular weight excluding hydrogens is 359 g/mol. The molecule has 4 nitrogen and oxygen atoms in total. The lowest BCUT2D eigenvalue weighted by molar-refractivity contribution is 0.242. The summed E-state index contributed by atoms with van der Waals surface area (Å²) >= 11 is 3.09. The van der Waals surface area contributed by atoms with Crippen LogP contribution in [0, 0.1) is 17.7 Å². The molecule has 0 amide bonds. The van der Waals surface area contributed by atoms with Crippen LogP contribution in [-0.4, -0.2) is 14.5 Å². The number of sulfonamides is 1. The van der Waals surface area contributed by atoms with E-state index in [2.05, 4.69) is 34.5 Å². The second kappa shape index (κ2) is 6.22. The Kier molecular flexibility index (Phi) is 4.95. The van der Waals surface area contributed by atoms with Crippen molar-refractivity contribution in [3.05, 3.63) is 22.4 Å². The van der Waals surface area contributed by atoms with Crippen LogP contribution < -0.4 is 10.5 Å². The second-order valence-electron chi connectivity index (χ2n) is 5.89. The zero-order valence-electron chi connectivity index (χ0n) is 12.1. The quantitative estimate of drug-likeness (QED) is 0.792. The SMILES string of the molecule is CC1CCC(NS(=O)(=O)c2cc(N)c(F)cc2Br)CC1C. The van der Waals surface area contributed by atoms with Crippen LogP contribution in [-0.2, 0) is 10.0 Å². The monoisotopic (exact) mass is 378 g/mol. The fourth-order valence-electron chi connectivity index (χ4n) is 2.69. The topological polar surface area (TPSA) is 72.2 Å². The van der Waals surface area contributed by atoms with Crippen molar-refractivity contribution in [1.82, 2.24) is 4.72 Å². The normalized spacial score (nSPS) is 26.8.